The zero-order chi connectivity index (χ0) is 23.2. The molecule has 0 amide bonds. The minimum atomic E-state index is -4.62. The Balaban J connectivity index is 1.75. The zero-order valence-electron chi connectivity index (χ0n) is 16.7. The third-order valence-electron chi connectivity index (χ3n) is 5.75. The van der Waals surface area contributed by atoms with E-state index in [9.17, 15) is 26.3 Å². The molecular formula is C19H22F6N6. The summed E-state index contributed by atoms with van der Waals surface area (Å²) >= 11 is 0. The normalized spacial score (nSPS) is 23.7. The Morgan fingerprint density at radius 2 is 1.81 bits per heavy atom. The molecule has 1 fully saturated rings. The summed E-state index contributed by atoms with van der Waals surface area (Å²) in [6.45, 7) is 5.19. The molecule has 2 aliphatic heterocycles. The minimum absolute atomic E-state index is 0.129. The van der Waals surface area contributed by atoms with Crippen LogP contribution in [-0.4, -0.2) is 34.9 Å². The van der Waals surface area contributed by atoms with Gasteiger partial charge in [0.25, 0.3) is 0 Å². The quantitative estimate of drug-likeness (QED) is 0.481. The number of piperidine rings is 1. The van der Waals surface area contributed by atoms with E-state index in [0.29, 0.717) is 32.1 Å². The van der Waals surface area contributed by atoms with Crippen LogP contribution < -0.4 is 16.0 Å². The van der Waals surface area contributed by atoms with E-state index in [2.05, 4.69) is 21.9 Å². The average molecular weight is 448 g/mol. The number of rotatable bonds is 3. The molecular weight excluding hydrogens is 426 g/mol. The molecule has 0 aromatic carbocycles. The van der Waals surface area contributed by atoms with Crippen molar-refractivity contribution in [1.29, 1.82) is 5.41 Å². The highest BCUT2D eigenvalue weighted by Gasteiger charge is 2.57. The van der Waals surface area contributed by atoms with Gasteiger partial charge in [-0.05, 0) is 19.8 Å². The zero-order valence-corrected chi connectivity index (χ0v) is 16.7. The number of allylic oxidation sites excluding steroid dienone is 2. The van der Waals surface area contributed by atoms with Gasteiger partial charge in [0.15, 0.2) is 5.69 Å². The third-order valence-corrected chi connectivity index (χ3v) is 5.75. The van der Waals surface area contributed by atoms with E-state index in [1.54, 1.807) is 4.90 Å². The van der Waals surface area contributed by atoms with Gasteiger partial charge in [-0.2, -0.15) is 26.3 Å². The van der Waals surface area contributed by atoms with E-state index in [1.165, 1.54) is 0 Å². The van der Waals surface area contributed by atoms with E-state index >= 15 is 0 Å². The Kier molecular flexibility index (Phi) is 5.70. The van der Waals surface area contributed by atoms with Gasteiger partial charge in [0.05, 0.1) is 17.8 Å². The molecule has 3 heterocycles. The summed E-state index contributed by atoms with van der Waals surface area (Å²) in [4.78, 5) is 8.87. The van der Waals surface area contributed by atoms with Crippen molar-refractivity contribution in [2.24, 2.45) is 17.1 Å². The molecule has 1 saturated heterocycles. The summed E-state index contributed by atoms with van der Waals surface area (Å²) in [6, 6.07) is 0. The van der Waals surface area contributed by atoms with Crippen LogP contribution in [0.2, 0.25) is 0 Å². The lowest BCUT2D eigenvalue weighted by Gasteiger charge is -2.42. The topological polar surface area (TPSA) is 90.9 Å². The van der Waals surface area contributed by atoms with Gasteiger partial charge >= 0.3 is 12.4 Å². The van der Waals surface area contributed by atoms with Gasteiger partial charge < -0.3 is 21.4 Å². The van der Waals surface area contributed by atoms with E-state index in [1.807, 2.05) is 0 Å². The van der Waals surface area contributed by atoms with Crippen LogP contribution in [0.3, 0.4) is 0 Å². The van der Waals surface area contributed by atoms with Crippen molar-refractivity contribution in [3.05, 3.63) is 41.8 Å². The lowest BCUT2D eigenvalue weighted by atomic mass is 9.70. The second-order valence-electron chi connectivity index (χ2n) is 7.96. The number of nitrogens with one attached hydrogen (secondary N) is 2. The van der Waals surface area contributed by atoms with Gasteiger partial charge in [-0.1, -0.05) is 6.58 Å². The molecule has 0 aliphatic carbocycles. The van der Waals surface area contributed by atoms with Gasteiger partial charge in [0.2, 0.25) is 0 Å². The predicted molar refractivity (Wildman–Crippen MR) is 102 cm³/mol. The number of anilines is 1. The summed E-state index contributed by atoms with van der Waals surface area (Å²) in [6.07, 6.45) is -7.32. The maximum Gasteiger partial charge on any atom is 0.434 e. The highest BCUT2D eigenvalue weighted by atomic mass is 19.4. The van der Waals surface area contributed by atoms with Crippen LogP contribution in [0, 0.1) is 16.7 Å². The van der Waals surface area contributed by atoms with E-state index in [4.69, 9.17) is 11.1 Å². The fourth-order valence-corrected chi connectivity index (χ4v) is 4.03. The van der Waals surface area contributed by atoms with Crippen LogP contribution in [-0.2, 0) is 6.18 Å². The molecule has 1 atom stereocenters. The van der Waals surface area contributed by atoms with E-state index in [-0.39, 0.29) is 28.6 Å². The summed E-state index contributed by atoms with van der Waals surface area (Å²) in [5, 5.41) is 11.1. The van der Waals surface area contributed by atoms with Crippen molar-refractivity contribution in [2.75, 3.05) is 18.0 Å². The summed E-state index contributed by atoms with van der Waals surface area (Å²) in [5.74, 6) is -0.466. The lowest BCUT2D eigenvalue weighted by molar-refractivity contribution is -0.203. The second kappa shape index (κ2) is 7.72. The first-order valence-electron chi connectivity index (χ1n) is 9.49. The Labute approximate surface area is 174 Å². The summed E-state index contributed by atoms with van der Waals surface area (Å²) in [5.41, 5.74) is 2.10. The molecule has 6 nitrogen and oxygen atoms in total. The van der Waals surface area contributed by atoms with Gasteiger partial charge in [-0.3, -0.25) is 0 Å². The Bertz CT molecular complexity index is 896. The molecule has 2 aliphatic rings. The van der Waals surface area contributed by atoms with Crippen LogP contribution in [0.5, 0.6) is 0 Å². The molecule has 170 valence electrons. The standard InChI is InChI=1S/C19H22F6N6/c1-10-7-17(2,19(23,24)25)14(16(27)30-10)15(26)11-3-5-31(6-4-11)13-9-28-12(8-29-13)18(20,21)22/h8-9,11,26,30H,1,3-7,27H2,2H3. The SMILES string of the molecule is C=C1CC(C)(C(F)(F)F)C(C(=N)C2CCN(c3cnc(C(F)(F)F)cn3)CC2)=C(N)N1. The van der Waals surface area contributed by atoms with Crippen LogP contribution in [0.25, 0.3) is 0 Å². The average Bonchev–Trinajstić information content (AvgIpc) is 2.66. The van der Waals surface area contributed by atoms with Crippen molar-refractivity contribution in [2.45, 2.75) is 38.5 Å². The number of hydrogen-bond donors (Lipinski definition) is 3. The number of alkyl halides is 6. The fourth-order valence-electron chi connectivity index (χ4n) is 4.03. The molecule has 12 heteroatoms. The van der Waals surface area contributed by atoms with Crippen molar-refractivity contribution in [3.63, 3.8) is 0 Å². The van der Waals surface area contributed by atoms with Crippen LogP contribution in [0.15, 0.2) is 36.1 Å². The van der Waals surface area contributed by atoms with Crippen LogP contribution in [0.4, 0.5) is 32.2 Å². The second-order valence-corrected chi connectivity index (χ2v) is 7.96. The van der Waals surface area contributed by atoms with Crippen molar-refractivity contribution in [3.8, 4) is 0 Å². The highest BCUT2D eigenvalue weighted by molar-refractivity contribution is 6.01. The molecule has 0 radical (unpaired) electrons. The molecule has 0 saturated carbocycles. The van der Waals surface area contributed by atoms with Crippen molar-refractivity contribution in [1.82, 2.24) is 15.3 Å². The summed E-state index contributed by atoms with van der Waals surface area (Å²) in [7, 11) is 0. The van der Waals surface area contributed by atoms with Gasteiger partial charge in [-0.15, -0.1) is 0 Å². The Morgan fingerprint density at radius 1 is 1.19 bits per heavy atom. The van der Waals surface area contributed by atoms with E-state index in [0.717, 1.165) is 13.1 Å². The Hall–Kier alpha value is -2.79. The molecule has 0 spiro atoms. The smallest absolute Gasteiger partial charge is 0.385 e. The maximum absolute atomic E-state index is 13.9. The van der Waals surface area contributed by atoms with Gasteiger partial charge in [0, 0.05) is 42.4 Å². The van der Waals surface area contributed by atoms with Gasteiger partial charge in [-0.25, -0.2) is 9.97 Å². The number of nitrogens with zero attached hydrogens (tertiary/aromatic N) is 3. The maximum atomic E-state index is 13.9. The number of nitrogens with two attached hydrogens (primary N) is 1. The largest absolute Gasteiger partial charge is 0.434 e. The monoisotopic (exact) mass is 448 g/mol. The molecule has 1 unspecified atom stereocenters. The molecule has 1 aromatic rings. The fraction of sp³-hybridized carbons (Fsp3) is 0.526. The molecule has 1 aromatic heterocycles. The Morgan fingerprint density at radius 3 is 2.29 bits per heavy atom. The van der Waals surface area contributed by atoms with Crippen LogP contribution >= 0.6 is 0 Å². The molecule has 31 heavy (non-hydrogen) atoms. The van der Waals surface area contributed by atoms with Crippen molar-refractivity contribution >= 4 is 11.5 Å². The highest BCUT2D eigenvalue weighted by Crippen LogP contribution is 2.51. The number of halogens is 6. The van der Waals surface area contributed by atoms with Crippen molar-refractivity contribution < 1.29 is 26.3 Å². The molecule has 4 N–H and O–H groups in total. The predicted octanol–water partition coefficient (Wildman–Crippen LogP) is 3.98. The number of aromatic nitrogens is 2. The molecule has 0 bridgehead atoms. The first kappa shape index (κ1) is 22.9. The minimum Gasteiger partial charge on any atom is -0.385 e. The first-order valence-corrected chi connectivity index (χ1v) is 9.49. The van der Waals surface area contributed by atoms with E-state index < -0.39 is 35.8 Å². The summed E-state index contributed by atoms with van der Waals surface area (Å²) < 4.78 is 79.6. The number of hydrogen-bond acceptors (Lipinski definition) is 6. The lowest BCUT2D eigenvalue weighted by Crippen LogP contribution is -2.49. The molecule has 3 rings (SSSR count). The first-order chi connectivity index (χ1) is 14.2. The third kappa shape index (κ3) is 4.33. The van der Waals surface area contributed by atoms with Crippen LogP contribution in [0.1, 0.15) is 31.9 Å². The van der Waals surface area contributed by atoms with Gasteiger partial charge in [0.1, 0.15) is 11.6 Å².